The highest BCUT2D eigenvalue weighted by Gasteiger charge is 2.28. The Morgan fingerprint density at radius 2 is 0.529 bits per heavy atom. The van der Waals surface area contributed by atoms with E-state index in [0.717, 1.165) is 88.8 Å². The van der Waals surface area contributed by atoms with Crippen molar-refractivity contribution in [2.45, 2.75) is 0 Å². The molecule has 31 aromatic rings. The summed E-state index contributed by atoms with van der Waals surface area (Å²) in [7, 11) is 0. The predicted octanol–water partition coefficient (Wildman–Crippen LogP) is 38.9. The summed E-state index contributed by atoms with van der Waals surface area (Å²) in [5.74, 6) is 0. The van der Waals surface area contributed by atoms with Crippen molar-refractivity contribution >= 4 is 273 Å². The van der Waals surface area contributed by atoms with Gasteiger partial charge in [0, 0.05) is 142 Å². The van der Waals surface area contributed by atoms with Crippen molar-refractivity contribution in [1.82, 2.24) is 15.0 Å². The molecule has 0 aliphatic rings. The van der Waals surface area contributed by atoms with Crippen LogP contribution < -0.4 is 0 Å². The molecule has 0 saturated heterocycles. The Balaban J connectivity index is 0.000000101. The molecule has 0 fully saturated rings. The van der Waals surface area contributed by atoms with Gasteiger partial charge in [-0.3, -0.25) is 0 Å². The molecule has 24 aromatic carbocycles. The lowest BCUT2D eigenvalue weighted by molar-refractivity contribution is 0.670. The SMILES string of the molecule is [C-]#[N+]c1ccc(-c2c3ccccc3c(-c3nc4ccccc4c4c3ccc3c5ccccc5sc34)c3ccccc23)c2ccccc12.c1ccc2c(-c3c4ccccc4c(-c4nc5ccccc5c5c4ccc4c6ccccc6sc45)c4ccccc34)cccc2c1.c1ccc2c(c1)ccc1oc3c(-c4ccc(-c5nc6ccccc6c6c5ccc5c7ccccc7sc56)cc4)cc4ccccc4c3c12. The Morgan fingerprint density at radius 1 is 0.200 bits per heavy atom. The van der Waals surface area contributed by atoms with E-state index < -0.39 is 0 Å². The summed E-state index contributed by atoms with van der Waals surface area (Å²) in [4.78, 5) is 20.1. The van der Waals surface area contributed by atoms with Crippen molar-refractivity contribution in [3.05, 3.63) is 460 Å². The summed E-state index contributed by atoms with van der Waals surface area (Å²) in [5.41, 5.74) is 19.1. The number of pyridine rings is 3. The van der Waals surface area contributed by atoms with Crippen LogP contribution in [-0.4, -0.2) is 15.0 Å². The normalized spacial score (nSPS) is 12.0. The fourth-order valence-corrected chi connectivity index (χ4v) is 26.8. The van der Waals surface area contributed by atoms with Gasteiger partial charge in [-0.1, -0.05) is 400 Å². The van der Waals surface area contributed by atoms with E-state index in [-0.39, 0.29) is 0 Å². The minimum Gasteiger partial charge on any atom is -0.455 e. The molecule has 7 aromatic heterocycles. The maximum Gasteiger partial charge on any atom is 0.194 e. The zero-order chi connectivity index (χ0) is 91.9. The minimum absolute atomic E-state index is 0.675. The standard InChI is InChI=1S/C45H25NOS.C44H24N2S.C43H25NS/c1-3-11-30-26(9-1)21-24-38-41(30)42-31-12-4-2-10-29(31)25-36(44(42)47-38)27-17-19-28(20-18-27)43-35-23-22-33-32-13-6-8-16-39(32)48-45(33)40(35)34-14-5-7-15-37(34)46-43;1-45-37-25-24-33(26-12-2-3-13-27(26)37)40-29-15-4-6-17-31(29)41(32-18-7-5-16-30(32)40)43-36-23-22-34-28-14-9-11-21-39(28)47-44(34)42(36)35-19-8-10-20-38(35)46-43;1-2-14-27-26(12-1)13-11-21-29(27)39-30-16-3-5-18-32(30)40(33-19-6-4-17-31(33)39)42-36-25-24-34-28-15-8-10-23-38(28)45-43(34)41(36)35-20-7-9-22-37(35)44-42/h1-25H;2-25H;1-25H. The zero-order valence-corrected chi connectivity index (χ0v) is 77.6. The second-order valence-corrected chi connectivity index (χ2v) is 39.7. The number of rotatable bonds is 6. The third-order valence-electron chi connectivity index (χ3n) is 29.1. The van der Waals surface area contributed by atoms with E-state index in [9.17, 15) is 0 Å². The molecule has 0 atom stereocenters. The Morgan fingerprint density at radius 3 is 0.986 bits per heavy atom. The second kappa shape index (κ2) is 31.7. The van der Waals surface area contributed by atoms with Gasteiger partial charge in [0.25, 0.3) is 0 Å². The summed E-state index contributed by atoms with van der Waals surface area (Å²) in [6, 6.07) is 162. The quantitative estimate of drug-likeness (QED) is 0.0946. The lowest BCUT2D eigenvalue weighted by atomic mass is 9.84. The zero-order valence-electron chi connectivity index (χ0n) is 75.1. The van der Waals surface area contributed by atoms with Crippen molar-refractivity contribution < 1.29 is 4.42 Å². The topological polar surface area (TPSA) is 56.2 Å². The van der Waals surface area contributed by atoms with Gasteiger partial charge in [0.2, 0.25) is 0 Å². The maximum absolute atomic E-state index is 7.81. The van der Waals surface area contributed by atoms with Gasteiger partial charge in [-0.05, 0) is 163 Å². The predicted molar refractivity (Wildman–Crippen MR) is 603 cm³/mol. The number of hydrogen-bond donors (Lipinski definition) is 0. The number of fused-ring (bicyclic) bond motifs is 34. The first kappa shape index (κ1) is 79.7. The van der Waals surface area contributed by atoms with E-state index in [1.165, 1.54) is 212 Å². The molecule has 0 amide bonds. The van der Waals surface area contributed by atoms with Crippen LogP contribution >= 0.6 is 34.0 Å². The van der Waals surface area contributed by atoms with E-state index in [4.69, 9.17) is 25.9 Å². The smallest absolute Gasteiger partial charge is 0.194 e. The number of nitrogens with zero attached hydrogens (tertiary/aromatic N) is 4. The first-order valence-electron chi connectivity index (χ1n) is 47.5. The largest absolute Gasteiger partial charge is 0.455 e. The molecule has 646 valence electrons. The number of thiophene rings is 3. The molecule has 5 nitrogen and oxygen atoms in total. The van der Waals surface area contributed by atoms with Crippen molar-refractivity contribution in [2.24, 2.45) is 0 Å². The molecule has 0 aliphatic heterocycles. The molecular formula is C132H74N4OS3. The average Bonchev–Trinajstić information content (AvgIpc) is 1.68. The van der Waals surface area contributed by atoms with E-state index in [1.54, 1.807) is 0 Å². The van der Waals surface area contributed by atoms with Crippen LogP contribution in [0.1, 0.15) is 0 Å². The first-order chi connectivity index (χ1) is 69.4. The number of furan rings is 1. The fraction of sp³-hybridized carbons (Fsp3) is 0. The lowest BCUT2D eigenvalue weighted by Gasteiger charge is -2.20. The summed E-state index contributed by atoms with van der Waals surface area (Å²) in [6.07, 6.45) is 0. The van der Waals surface area contributed by atoms with Crippen LogP contribution in [0.15, 0.2) is 453 Å². The summed E-state index contributed by atoms with van der Waals surface area (Å²) < 4.78 is 14.6. The minimum atomic E-state index is 0.675. The molecule has 31 rings (SSSR count). The highest BCUT2D eigenvalue weighted by atomic mass is 32.1. The van der Waals surface area contributed by atoms with Crippen LogP contribution in [0.4, 0.5) is 5.69 Å². The van der Waals surface area contributed by atoms with E-state index in [1.807, 2.05) is 46.1 Å². The average molecular weight is 1830 g/mol. The third kappa shape index (κ3) is 12.2. The molecule has 140 heavy (non-hydrogen) atoms. The summed E-state index contributed by atoms with van der Waals surface area (Å²) >= 11 is 5.64. The monoisotopic (exact) mass is 1830 g/mol. The second-order valence-electron chi connectivity index (χ2n) is 36.5. The van der Waals surface area contributed by atoms with E-state index in [2.05, 4.69) is 442 Å². The van der Waals surface area contributed by atoms with Crippen LogP contribution in [0, 0.1) is 6.57 Å². The van der Waals surface area contributed by atoms with Gasteiger partial charge in [0.15, 0.2) is 5.69 Å². The van der Waals surface area contributed by atoms with Gasteiger partial charge in [0.05, 0.1) is 40.2 Å². The van der Waals surface area contributed by atoms with Gasteiger partial charge in [-0.25, -0.2) is 19.8 Å². The van der Waals surface area contributed by atoms with E-state index in [0.29, 0.717) is 5.69 Å². The van der Waals surface area contributed by atoms with Crippen molar-refractivity contribution in [2.75, 3.05) is 0 Å². The number of hydrogen-bond acceptors (Lipinski definition) is 7. The molecule has 0 unspecified atom stereocenters. The molecule has 0 saturated carbocycles. The number of para-hydroxylation sites is 3. The fourth-order valence-electron chi connectivity index (χ4n) is 23.1. The summed E-state index contributed by atoms with van der Waals surface area (Å²) in [5, 5.41) is 40.2. The molecule has 0 spiro atoms. The van der Waals surface area contributed by atoms with Gasteiger partial charge in [-0.2, -0.15) is 0 Å². The van der Waals surface area contributed by atoms with Gasteiger partial charge in [0.1, 0.15) is 11.2 Å². The Labute approximate surface area is 813 Å². The van der Waals surface area contributed by atoms with Gasteiger partial charge < -0.3 is 4.42 Å². The van der Waals surface area contributed by atoms with Crippen LogP contribution in [0.3, 0.4) is 0 Å². The van der Waals surface area contributed by atoms with Crippen LogP contribution in [0.2, 0.25) is 0 Å². The molecule has 8 heteroatoms. The highest BCUT2D eigenvalue weighted by Crippen LogP contribution is 2.55. The lowest BCUT2D eigenvalue weighted by Crippen LogP contribution is -1.95. The van der Waals surface area contributed by atoms with Crippen molar-refractivity contribution in [1.29, 1.82) is 0 Å². The molecule has 0 radical (unpaired) electrons. The Bertz CT molecular complexity index is 10700. The van der Waals surface area contributed by atoms with Crippen LogP contribution in [0.5, 0.6) is 0 Å². The van der Waals surface area contributed by atoms with Crippen molar-refractivity contribution in [3.8, 4) is 67.2 Å². The van der Waals surface area contributed by atoms with E-state index >= 15 is 0 Å². The Hall–Kier alpha value is -17.7. The van der Waals surface area contributed by atoms with Crippen LogP contribution in [0.25, 0.3) is 306 Å². The molecule has 0 aliphatic carbocycles. The Kier molecular flexibility index (Phi) is 18.1. The summed E-state index contributed by atoms with van der Waals surface area (Å²) in [6.45, 7) is 7.81. The highest BCUT2D eigenvalue weighted by molar-refractivity contribution is 7.27. The maximum atomic E-state index is 7.81. The third-order valence-corrected chi connectivity index (χ3v) is 32.7. The van der Waals surface area contributed by atoms with Crippen molar-refractivity contribution in [3.63, 3.8) is 0 Å². The molecule has 0 bridgehead atoms. The van der Waals surface area contributed by atoms with Gasteiger partial charge >= 0.3 is 0 Å². The number of benzene rings is 24. The molecular weight excluding hydrogens is 1750 g/mol. The number of aromatic nitrogens is 3. The molecule has 7 heterocycles. The van der Waals surface area contributed by atoms with Crippen LogP contribution in [-0.2, 0) is 0 Å². The first-order valence-corrected chi connectivity index (χ1v) is 49.9. The molecule has 0 N–H and O–H groups in total. The van der Waals surface area contributed by atoms with Gasteiger partial charge in [-0.15, -0.1) is 34.0 Å².